The molecule has 2 nitrogen and oxygen atoms in total. The van der Waals surface area contributed by atoms with E-state index in [9.17, 15) is 4.39 Å². The number of phenols is 1. The zero-order valence-corrected chi connectivity index (χ0v) is 11.6. The first-order valence-corrected chi connectivity index (χ1v) is 6.39. The summed E-state index contributed by atoms with van der Waals surface area (Å²) in [5.74, 6) is -0.999. The van der Waals surface area contributed by atoms with Crippen molar-refractivity contribution in [1.82, 2.24) is 0 Å². The van der Waals surface area contributed by atoms with Gasteiger partial charge in [0, 0.05) is 22.8 Å². The number of aromatic hydroxyl groups is 1. The summed E-state index contributed by atoms with van der Waals surface area (Å²) in [7, 11) is 0. The van der Waals surface area contributed by atoms with Gasteiger partial charge in [0.2, 0.25) is 0 Å². The van der Waals surface area contributed by atoms with Gasteiger partial charge >= 0.3 is 0 Å². The van der Waals surface area contributed by atoms with Gasteiger partial charge in [0.25, 0.3) is 0 Å². The molecular weight excluding hydrogens is 321 g/mol. The fourth-order valence-corrected chi connectivity index (χ4v) is 1.92. The molecule has 2 aromatic carbocycles. The van der Waals surface area contributed by atoms with Crippen molar-refractivity contribution in [3.63, 3.8) is 0 Å². The van der Waals surface area contributed by atoms with Gasteiger partial charge in [-0.15, -0.1) is 0 Å². The molecule has 0 radical (unpaired) electrons. The van der Waals surface area contributed by atoms with Crippen LogP contribution in [0.15, 0.2) is 40.9 Å². The minimum atomic E-state index is -0.645. The molecule has 0 unspecified atom stereocenters. The van der Waals surface area contributed by atoms with Crippen molar-refractivity contribution in [3.8, 4) is 5.75 Å². The molecule has 18 heavy (non-hydrogen) atoms. The average molecular weight is 331 g/mol. The van der Waals surface area contributed by atoms with Gasteiger partial charge in [0.05, 0.1) is 5.02 Å². The zero-order chi connectivity index (χ0) is 13.1. The standard InChI is InChI=1S/C13H10BrClFNO/c14-10-3-1-8(5-11(10)15)7-17-9-2-4-13(18)12(16)6-9/h1-6,17-18H,7H2. The summed E-state index contributed by atoms with van der Waals surface area (Å²) in [6, 6.07) is 9.77. The topological polar surface area (TPSA) is 32.3 Å². The molecule has 2 rings (SSSR count). The Labute approximate surface area is 118 Å². The smallest absolute Gasteiger partial charge is 0.166 e. The Hall–Kier alpha value is -1.26. The first-order valence-electron chi connectivity index (χ1n) is 5.22. The van der Waals surface area contributed by atoms with Crippen molar-refractivity contribution >= 4 is 33.2 Å². The van der Waals surface area contributed by atoms with Crippen molar-refractivity contribution < 1.29 is 9.50 Å². The quantitative estimate of drug-likeness (QED) is 0.809. The fourth-order valence-electron chi connectivity index (χ4n) is 1.47. The molecule has 0 amide bonds. The summed E-state index contributed by atoms with van der Waals surface area (Å²) in [6.07, 6.45) is 0. The van der Waals surface area contributed by atoms with Crippen LogP contribution in [0, 0.1) is 5.82 Å². The number of hydrogen-bond acceptors (Lipinski definition) is 2. The molecule has 5 heteroatoms. The van der Waals surface area contributed by atoms with Crippen LogP contribution in [0.5, 0.6) is 5.75 Å². The molecule has 94 valence electrons. The Morgan fingerprint density at radius 2 is 2.00 bits per heavy atom. The van der Waals surface area contributed by atoms with E-state index in [1.165, 1.54) is 12.1 Å². The molecule has 0 saturated heterocycles. The molecule has 0 aliphatic rings. The van der Waals surface area contributed by atoms with Gasteiger partial charge in [0.15, 0.2) is 11.6 Å². The van der Waals surface area contributed by atoms with Crippen LogP contribution in [0.2, 0.25) is 5.02 Å². The monoisotopic (exact) mass is 329 g/mol. The van der Waals surface area contributed by atoms with Gasteiger partial charge in [0.1, 0.15) is 0 Å². The highest BCUT2D eigenvalue weighted by Crippen LogP contribution is 2.24. The minimum absolute atomic E-state index is 0.354. The highest BCUT2D eigenvalue weighted by atomic mass is 79.9. The number of nitrogens with one attached hydrogen (secondary N) is 1. The number of anilines is 1. The van der Waals surface area contributed by atoms with E-state index in [1.54, 1.807) is 6.07 Å². The van der Waals surface area contributed by atoms with Crippen molar-refractivity contribution in [2.45, 2.75) is 6.54 Å². The highest BCUT2D eigenvalue weighted by Gasteiger charge is 2.02. The van der Waals surface area contributed by atoms with Crippen LogP contribution >= 0.6 is 27.5 Å². The van der Waals surface area contributed by atoms with E-state index >= 15 is 0 Å². The Morgan fingerprint density at radius 3 is 2.67 bits per heavy atom. The SMILES string of the molecule is Oc1ccc(NCc2ccc(Br)c(Cl)c2)cc1F. The van der Waals surface area contributed by atoms with Crippen LogP contribution in [-0.2, 0) is 6.54 Å². The van der Waals surface area contributed by atoms with E-state index in [-0.39, 0.29) is 5.75 Å². The number of phenolic OH excluding ortho intramolecular Hbond substituents is 1. The molecule has 2 aromatic rings. The lowest BCUT2D eigenvalue weighted by molar-refractivity contribution is 0.432. The van der Waals surface area contributed by atoms with Crippen molar-refractivity contribution in [3.05, 3.63) is 57.3 Å². The summed E-state index contributed by atoms with van der Waals surface area (Å²) in [5.41, 5.74) is 1.58. The van der Waals surface area contributed by atoms with Crippen LogP contribution in [0.3, 0.4) is 0 Å². The zero-order valence-electron chi connectivity index (χ0n) is 9.25. The number of hydrogen-bond donors (Lipinski definition) is 2. The van der Waals surface area contributed by atoms with Crippen molar-refractivity contribution in [2.24, 2.45) is 0 Å². The average Bonchev–Trinajstić information content (AvgIpc) is 2.35. The predicted molar refractivity (Wildman–Crippen MR) is 74.5 cm³/mol. The Balaban J connectivity index is 2.06. The maximum atomic E-state index is 13.1. The van der Waals surface area contributed by atoms with E-state index in [4.69, 9.17) is 16.7 Å². The van der Waals surface area contributed by atoms with Gasteiger partial charge in [-0.3, -0.25) is 0 Å². The van der Waals surface area contributed by atoms with Crippen LogP contribution in [0.1, 0.15) is 5.56 Å². The van der Waals surface area contributed by atoms with Gasteiger partial charge < -0.3 is 10.4 Å². The molecule has 0 spiro atoms. The second kappa shape index (κ2) is 5.59. The third-order valence-corrected chi connectivity index (χ3v) is 3.66. The molecule has 2 N–H and O–H groups in total. The molecule has 0 bridgehead atoms. The second-order valence-corrected chi connectivity index (χ2v) is 5.03. The van der Waals surface area contributed by atoms with Crippen LogP contribution < -0.4 is 5.32 Å². The maximum Gasteiger partial charge on any atom is 0.166 e. The lowest BCUT2D eigenvalue weighted by atomic mass is 10.2. The van der Waals surface area contributed by atoms with Gasteiger partial charge in [-0.1, -0.05) is 17.7 Å². The lowest BCUT2D eigenvalue weighted by Crippen LogP contribution is -1.99. The van der Waals surface area contributed by atoms with E-state index in [2.05, 4.69) is 21.2 Å². The Kier molecular flexibility index (Phi) is 4.09. The minimum Gasteiger partial charge on any atom is -0.505 e. The number of rotatable bonds is 3. The van der Waals surface area contributed by atoms with Crippen molar-refractivity contribution in [1.29, 1.82) is 0 Å². The van der Waals surface area contributed by atoms with Gasteiger partial charge in [-0.2, -0.15) is 0 Å². The van der Waals surface area contributed by atoms with Gasteiger partial charge in [-0.25, -0.2) is 4.39 Å². The molecule has 0 saturated carbocycles. The fraction of sp³-hybridized carbons (Fsp3) is 0.0769. The summed E-state index contributed by atoms with van der Waals surface area (Å²) < 4.78 is 13.9. The number of benzene rings is 2. The van der Waals surface area contributed by atoms with Gasteiger partial charge in [-0.05, 0) is 45.8 Å². The van der Waals surface area contributed by atoms with E-state index in [1.807, 2.05) is 18.2 Å². The first-order chi connectivity index (χ1) is 8.56. The largest absolute Gasteiger partial charge is 0.505 e. The van der Waals surface area contributed by atoms with Crippen LogP contribution in [0.25, 0.3) is 0 Å². The molecule has 0 atom stereocenters. The first kappa shape index (κ1) is 13.2. The predicted octanol–water partition coefficient (Wildman–Crippen LogP) is 4.56. The highest BCUT2D eigenvalue weighted by molar-refractivity contribution is 9.10. The summed E-state index contributed by atoms with van der Waals surface area (Å²) in [5, 5.41) is 12.8. The number of halogens is 3. The Bertz CT molecular complexity index is 525. The molecule has 0 fully saturated rings. The lowest BCUT2D eigenvalue weighted by Gasteiger charge is -2.08. The van der Waals surface area contributed by atoms with Crippen LogP contribution in [0.4, 0.5) is 10.1 Å². The Morgan fingerprint density at radius 1 is 1.22 bits per heavy atom. The second-order valence-electron chi connectivity index (χ2n) is 3.77. The van der Waals surface area contributed by atoms with E-state index in [0.717, 1.165) is 10.0 Å². The molecule has 0 heterocycles. The summed E-state index contributed by atoms with van der Waals surface area (Å²) >= 11 is 9.29. The molecule has 0 aromatic heterocycles. The summed E-state index contributed by atoms with van der Waals surface area (Å²) in [4.78, 5) is 0. The maximum absolute atomic E-state index is 13.1. The summed E-state index contributed by atoms with van der Waals surface area (Å²) in [6.45, 7) is 0.525. The molecule has 0 aliphatic carbocycles. The normalized spacial score (nSPS) is 10.4. The third-order valence-electron chi connectivity index (χ3n) is 2.43. The molecule has 0 aliphatic heterocycles. The third kappa shape index (κ3) is 3.15. The van der Waals surface area contributed by atoms with E-state index in [0.29, 0.717) is 17.3 Å². The molecular formula is C13H10BrClFNO. The van der Waals surface area contributed by atoms with Crippen molar-refractivity contribution in [2.75, 3.05) is 5.32 Å². The van der Waals surface area contributed by atoms with Crippen LogP contribution in [-0.4, -0.2) is 5.11 Å². The van der Waals surface area contributed by atoms with E-state index < -0.39 is 5.82 Å².